The third-order valence-corrected chi connectivity index (χ3v) is 4.46. The number of piperidine rings is 1. The summed E-state index contributed by atoms with van der Waals surface area (Å²) in [6.45, 7) is 3.33. The summed E-state index contributed by atoms with van der Waals surface area (Å²) in [7, 11) is 0. The Labute approximate surface area is 88.2 Å². The predicted molar refractivity (Wildman–Crippen MR) is 57.4 cm³/mol. The number of thiophene rings is 1. The minimum atomic E-state index is -0.521. The fourth-order valence-electron chi connectivity index (χ4n) is 2.85. The van der Waals surface area contributed by atoms with Crippen LogP contribution in [0.15, 0.2) is 16.8 Å². The Balaban J connectivity index is 1.95. The van der Waals surface area contributed by atoms with Crippen LogP contribution in [0.5, 0.6) is 0 Å². The molecule has 0 saturated carbocycles. The summed E-state index contributed by atoms with van der Waals surface area (Å²) in [4.78, 5) is 2.46. The first kappa shape index (κ1) is 8.89. The minimum absolute atomic E-state index is 0.464. The molecule has 0 aromatic carbocycles. The van der Waals surface area contributed by atoms with Crippen LogP contribution in [0.3, 0.4) is 0 Å². The van der Waals surface area contributed by atoms with Gasteiger partial charge in [-0.15, -0.1) is 0 Å². The van der Waals surface area contributed by atoms with Gasteiger partial charge in [0.1, 0.15) is 0 Å². The Morgan fingerprint density at radius 2 is 2.43 bits per heavy atom. The van der Waals surface area contributed by atoms with Crippen molar-refractivity contribution >= 4 is 11.3 Å². The summed E-state index contributed by atoms with van der Waals surface area (Å²) < 4.78 is 0. The molecule has 3 rings (SSSR count). The summed E-state index contributed by atoms with van der Waals surface area (Å²) in [5.74, 6) is 0.464. The zero-order valence-electron chi connectivity index (χ0n) is 8.15. The van der Waals surface area contributed by atoms with E-state index in [-0.39, 0.29) is 0 Å². The molecule has 2 bridgehead atoms. The molecule has 3 heterocycles. The van der Waals surface area contributed by atoms with Gasteiger partial charge in [-0.2, -0.15) is 11.3 Å². The van der Waals surface area contributed by atoms with E-state index in [2.05, 4.69) is 21.7 Å². The van der Waals surface area contributed by atoms with Crippen LogP contribution in [0.2, 0.25) is 0 Å². The number of hydrogen-bond donors (Lipinski definition) is 1. The summed E-state index contributed by atoms with van der Waals surface area (Å²) in [5.41, 5.74) is 0.626. The van der Waals surface area contributed by atoms with E-state index < -0.39 is 5.60 Å². The Morgan fingerprint density at radius 3 is 3.21 bits per heavy atom. The first-order valence-electron chi connectivity index (χ1n) is 5.26. The van der Waals surface area contributed by atoms with Crippen molar-refractivity contribution in [3.8, 4) is 0 Å². The third-order valence-electron chi connectivity index (χ3n) is 3.78. The molecule has 2 nitrogen and oxygen atoms in total. The van der Waals surface area contributed by atoms with Gasteiger partial charge in [-0.1, -0.05) is 0 Å². The van der Waals surface area contributed by atoms with Gasteiger partial charge in [-0.05, 0) is 41.8 Å². The molecule has 2 fully saturated rings. The lowest BCUT2D eigenvalue weighted by molar-refractivity contribution is -0.0498. The van der Waals surface area contributed by atoms with Crippen LogP contribution in [0.1, 0.15) is 18.4 Å². The highest BCUT2D eigenvalue weighted by atomic mass is 32.1. The Kier molecular flexibility index (Phi) is 1.94. The van der Waals surface area contributed by atoms with Crippen molar-refractivity contribution in [1.82, 2.24) is 4.90 Å². The van der Waals surface area contributed by atoms with Gasteiger partial charge in [0.2, 0.25) is 0 Å². The fourth-order valence-corrected chi connectivity index (χ4v) is 3.58. The zero-order chi connectivity index (χ0) is 9.60. The highest BCUT2D eigenvalue weighted by Crippen LogP contribution is 2.43. The number of fused-ring (bicyclic) bond motifs is 2. The molecule has 3 heteroatoms. The Morgan fingerprint density at radius 1 is 1.50 bits per heavy atom. The monoisotopic (exact) mass is 209 g/mol. The Bertz CT molecular complexity index is 324. The first-order chi connectivity index (χ1) is 6.79. The fraction of sp³-hybridized carbons (Fsp3) is 0.636. The number of rotatable bonds is 1. The van der Waals surface area contributed by atoms with E-state index in [1.54, 1.807) is 11.3 Å². The average Bonchev–Trinajstić information content (AvgIpc) is 2.84. The molecule has 2 aliphatic heterocycles. The van der Waals surface area contributed by atoms with Crippen molar-refractivity contribution in [2.75, 3.05) is 19.6 Å². The highest BCUT2D eigenvalue weighted by molar-refractivity contribution is 7.08. The Hall–Kier alpha value is -0.380. The van der Waals surface area contributed by atoms with Gasteiger partial charge in [0, 0.05) is 19.0 Å². The van der Waals surface area contributed by atoms with Crippen molar-refractivity contribution < 1.29 is 5.11 Å². The summed E-state index contributed by atoms with van der Waals surface area (Å²) in [5, 5.41) is 14.9. The lowest BCUT2D eigenvalue weighted by Crippen LogP contribution is -2.43. The SMILES string of the molecule is OC1(c2ccsc2)CCN2CCC1C2. The van der Waals surface area contributed by atoms with Gasteiger partial charge >= 0.3 is 0 Å². The molecule has 2 saturated heterocycles. The molecule has 0 aliphatic carbocycles. The smallest absolute Gasteiger partial charge is 0.0957 e. The molecule has 1 aromatic rings. The highest BCUT2D eigenvalue weighted by Gasteiger charge is 2.45. The second-order valence-electron chi connectivity index (χ2n) is 4.47. The van der Waals surface area contributed by atoms with Gasteiger partial charge < -0.3 is 10.0 Å². The van der Waals surface area contributed by atoms with Crippen LogP contribution >= 0.6 is 11.3 Å². The summed E-state index contributed by atoms with van der Waals surface area (Å²) in [6, 6.07) is 2.08. The van der Waals surface area contributed by atoms with E-state index in [0.29, 0.717) is 5.92 Å². The van der Waals surface area contributed by atoms with Crippen LogP contribution in [0.25, 0.3) is 0 Å². The van der Waals surface area contributed by atoms with E-state index in [4.69, 9.17) is 0 Å². The van der Waals surface area contributed by atoms with Gasteiger partial charge in [0.25, 0.3) is 0 Å². The molecule has 0 radical (unpaired) electrons. The van der Waals surface area contributed by atoms with E-state index in [1.165, 1.54) is 6.54 Å². The van der Waals surface area contributed by atoms with Gasteiger partial charge in [0.05, 0.1) is 5.60 Å². The maximum atomic E-state index is 10.7. The molecule has 3 unspecified atom stereocenters. The normalized spacial score (nSPS) is 41.5. The van der Waals surface area contributed by atoms with Crippen LogP contribution in [-0.2, 0) is 5.60 Å². The second-order valence-corrected chi connectivity index (χ2v) is 5.25. The first-order valence-corrected chi connectivity index (χ1v) is 6.21. The second kappa shape index (κ2) is 3.05. The van der Waals surface area contributed by atoms with Crippen LogP contribution < -0.4 is 0 Å². The van der Waals surface area contributed by atoms with Gasteiger partial charge in [-0.25, -0.2) is 0 Å². The molecule has 1 N–H and O–H groups in total. The summed E-state index contributed by atoms with van der Waals surface area (Å²) >= 11 is 1.68. The van der Waals surface area contributed by atoms with Crippen LogP contribution in [-0.4, -0.2) is 29.6 Å². The molecule has 14 heavy (non-hydrogen) atoms. The van der Waals surface area contributed by atoms with Crippen molar-refractivity contribution in [3.63, 3.8) is 0 Å². The topological polar surface area (TPSA) is 23.5 Å². The molecule has 0 amide bonds. The third kappa shape index (κ3) is 1.16. The van der Waals surface area contributed by atoms with Crippen molar-refractivity contribution in [3.05, 3.63) is 22.4 Å². The van der Waals surface area contributed by atoms with Crippen LogP contribution in [0, 0.1) is 5.92 Å². The number of aliphatic hydroxyl groups is 1. The lowest BCUT2D eigenvalue weighted by atomic mass is 9.78. The van der Waals surface area contributed by atoms with E-state index in [9.17, 15) is 5.11 Å². The molecule has 2 aliphatic rings. The molecule has 3 atom stereocenters. The molecule has 0 spiro atoms. The lowest BCUT2D eigenvalue weighted by Gasteiger charge is -2.38. The average molecular weight is 209 g/mol. The molecular weight excluding hydrogens is 194 g/mol. The van der Waals surface area contributed by atoms with E-state index in [0.717, 1.165) is 31.5 Å². The summed E-state index contributed by atoms with van der Waals surface area (Å²) in [6.07, 6.45) is 2.07. The maximum absolute atomic E-state index is 10.7. The largest absolute Gasteiger partial charge is 0.385 e. The van der Waals surface area contributed by atoms with Crippen molar-refractivity contribution in [1.29, 1.82) is 0 Å². The molecule has 1 aromatic heterocycles. The van der Waals surface area contributed by atoms with Crippen molar-refractivity contribution in [2.45, 2.75) is 18.4 Å². The molecule has 76 valence electrons. The zero-order valence-corrected chi connectivity index (χ0v) is 8.96. The standard InChI is InChI=1S/C11H15NOS/c13-11(10-2-6-14-8-10)3-5-12-4-1-9(11)7-12/h2,6,8-9,13H,1,3-5,7H2. The predicted octanol–water partition coefficient (Wildman–Crippen LogP) is 1.66. The quantitative estimate of drug-likeness (QED) is 0.760. The van der Waals surface area contributed by atoms with Crippen LogP contribution in [0.4, 0.5) is 0 Å². The minimum Gasteiger partial charge on any atom is -0.385 e. The van der Waals surface area contributed by atoms with Crippen molar-refractivity contribution in [2.24, 2.45) is 5.92 Å². The maximum Gasteiger partial charge on any atom is 0.0957 e. The molecular formula is C11H15NOS. The number of nitrogens with zero attached hydrogens (tertiary/aromatic N) is 1. The van der Waals surface area contributed by atoms with Gasteiger partial charge in [0.15, 0.2) is 0 Å². The van der Waals surface area contributed by atoms with E-state index >= 15 is 0 Å². The van der Waals surface area contributed by atoms with E-state index in [1.807, 2.05) is 0 Å². The number of hydrogen-bond acceptors (Lipinski definition) is 3. The van der Waals surface area contributed by atoms with Gasteiger partial charge in [-0.3, -0.25) is 0 Å².